The van der Waals surface area contributed by atoms with Crippen LogP contribution in [0.15, 0.2) is 0 Å². The highest BCUT2D eigenvalue weighted by molar-refractivity contribution is 5.87. The first-order valence-corrected chi connectivity index (χ1v) is 7.15. The van der Waals surface area contributed by atoms with Gasteiger partial charge in [0, 0.05) is 6.04 Å². The minimum Gasteiger partial charge on any atom is -0.370 e. The molecule has 1 rings (SSSR count). The summed E-state index contributed by atoms with van der Waals surface area (Å²) in [7, 11) is 0. The monoisotopic (exact) mass is 269 g/mol. The Hall–Kier alpha value is -1.10. The summed E-state index contributed by atoms with van der Waals surface area (Å²) in [5.41, 5.74) is 10.7. The van der Waals surface area contributed by atoms with E-state index in [-0.39, 0.29) is 18.4 Å². The molecule has 0 aromatic rings. The molecule has 4 unspecified atom stereocenters. The number of nitrogens with two attached hydrogens (primary N) is 2. The van der Waals surface area contributed by atoms with Crippen molar-refractivity contribution in [1.29, 1.82) is 0 Å². The van der Waals surface area contributed by atoms with Crippen LogP contribution in [0.5, 0.6) is 0 Å². The van der Waals surface area contributed by atoms with E-state index in [1.165, 1.54) is 6.42 Å². The molecule has 0 aromatic heterocycles. The van der Waals surface area contributed by atoms with Gasteiger partial charge < -0.3 is 16.8 Å². The summed E-state index contributed by atoms with van der Waals surface area (Å²) in [6, 6.07) is -0.669. The van der Waals surface area contributed by atoms with Crippen LogP contribution in [-0.4, -0.2) is 23.9 Å². The molecule has 4 atom stereocenters. The van der Waals surface area contributed by atoms with Gasteiger partial charge in [-0.3, -0.25) is 9.59 Å². The van der Waals surface area contributed by atoms with Crippen LogP contribution in [0.4, 0.5) is 0 Å². The molecule has 110 valence electrons. The van der Waals surface area contributed by atoms with Crippen molar-refractivity contribution in [3.8, 4) is 0 Å². The molecular formula is C14H27N3O2. The first-order valence-electron chi connectivity index (χ1n) is 7.15. The van der Waals surface area contributed by atoms with E-state index in [1.54, 1.807) is 0 Å². The fourth-order valence-electron chi connectivity index (χ4n) is 2.97. The summed E-state index contributed by atoms with van der Waals surface area (Å²) in [5, 5.41) is 3.01. The normalized spacial score (nSPS) is 29.0. The maximum absolute atomic E-state index is 12.0. The molecule has 0 radical (unpaired) electrons. The summed E-state index contributed by atoms with van der Waals surface area (Å²) in [6.07, 6.45) is 3.23. The van der Waals surface area contributed by atoms with Crippen molar-refractivity contribution in [2.24, 2.45) is 29.2 Å². The summed E-state index contributed by atoms with van der Waals surface area (Å²) in [6.45, 7) is 6.57. The van der Waals surface area contributed by atoms with Crippen LogP contribution >= 0.6 is 0 Å². The third-order valence-electron chi connectivity index (χ3n) is 4.11. The van der Waals surface area contributed by atoms with Gasteiger partial charge in [0.15, 0.2) is 0 Å². The molecule has 0 spiro atoms. The van der Waals surface area contributed by atoms with E-state index >= 15 is 0 Å². The zero-order chi connectivity index (χ0) is 14.6. The molecular weight excluding hydrogens is 242 g/mol. The third-order valence-corrected chi connectivity index (χ3v) is 4.11. The largest absolute Gasteiger partial charge is 0.370 e. The number of hydrogen-bond donors (Lipinski definition) is 3. The van der Waals surface area contributed by atoms with Crippen molar-refractivity contribution in [3.05, 3.63) is 0 Å². The summed E-state index contributed by atoms with van der Waals surface area (Å²) >= 11 is 0. The lowest BCUT2D eigenvalue weighted by Crippen LogP contribution is -2.51. The van der Waals surface area contributed by atoms with Crippen LogP contribution in [0.2, 0.25) is 0 Å². The van der Waals surface area contributed by atoms with Gasteiger partial charge in [0.25, 0.3) is 0 Å². The van der Waals surface area contributed by atoms with Gasteiger partial charge in [-0.15, -0.1) is 0 Å². The Bertz CT molecular complexity index is 331. The second-order valence-electron chi connectivity index (χ2n) is 6.22. The van der Waals surface area contributed by atoms with Gasteiger partial charge >= 0.3 is 0 Å². The number of carbonyl (C=O) groups is 2. The molecule has 5 heteroatoms. The zero-order valence-corrected chi connectivity index (χ0v) is 12.2. The lowest BCUT2D eigenvalue weighted by atomic mass is 9.74. The highest BCUT2D eigenvalue weighted by Crippen LogP contribution is 2.33. The van der Waals surface area contributed by atoms with Gasteiger partial charge in [0.05, 0.1) is 12.5 Å². The molecule has 19 heavy (non-hydrogen) atoms. The fourth-order valence-corrected chi connectivity index (χ4v) is 2.97. The predicted molar refractivity (Wildman–Crippen MR) is 75.1 cm³/mol. The Morgan fingerprint density at radius 1 is 1.32 bits per heavy atom. The highest BCUT2D eigenvalue weighted by atomic mass is 16.2. The Morgan fingerprint density at radius 2 is 1.95 bits per heavy atom. The van der Waals surface area contributed by atoms with E-state index in [2.05, 4.69) is 26.1 Å². The summed E-state index contributed by atoms with van der Waals surface area (Å²) in [5.74, 6) is 0.836. The topological polar surface area (TPSA) is 98.2 Å². The van der Waals surface area contributed by atoms with Crippen LogP contribution in [0.1, 0.15) is 46.5 Å². The molecule has 5 N–H and O–H groups in total. The van der Waals surface area contributed by atoms with Gasteiger partial charge in [-0.1, -0.05) is 27.2 Å². The first kappa shape index (κ1) is 16.0. The quantitative estimate of drug-likeness (QED) is 0.687. The molecule has 0 aliphatic heterocycles. The Kier molecular flexibility index (Phi) is 5.79. The average Bonchev–Trinajstić information content (AvgIpc) is 2.27. The zero-order valence-electron chi connectivity index (χ0n) is 12.2. The molecule has 1 aliphatic rings. The Morgan fingerprint density at radius 3 is 2.47 bits per heavy atom. The highest BCUT2D eigenvalue weighted by Gasteiger charge is 2.32. The van der Waals surface area contributed by atoms with Crippen LogP contribution in [-0.2, 0) is 9.59 Å². The van der Waals surface area contributed by atoms with Crippen molar-refractivity contribution in [3.63, 3.8) is 0 Å². The number of amides is 2. The van der Waals surface area contributed by atoms with Crippen molar-refractivity contribution < 1.29 is 9.59 Å². The van der Waals surface area contributed by atoms with E-state index in [4.69, 9.17) is 11.5 Å². The van der Waals surface area contributed by atoms with E-state index in [0.717, 1.165) is 12.8 Å². The summed E-state index contributed by atoms with van der Waals surface area (Å²) < 4.78 is 0. The molecule has 0 bridgehead atoms. The van der Waals surface area contributed by atoms with Gasteiger partial charge in [-0.2, -0.15) is 0 Å². The Balaban J connectivity index is 2.60. The number of carbonyl (C=O) groups excluding carboxylic acids is 2. The average molecular weight is 269 g/mol. The SMILES string of the molecule is CC1CCC(C(C)C)C(NC(=O)C(N)CC(N)=O)C1. The number of primary amides is 1. The Labute approximate surface area is 115 Å². The maximum Gasteiger partial charge on any atom is 0.237 e. The predicted octanol–water partition coefficient (Wildman–Crippen LogP) is 0.766. The van der Waals surface area contributed by atoms with Gasteiger partial charge in [0.2, 0.25) is 11.8 Å². The molecule has 5 nitrogen and oxygen atoms in total. The third kappa shape index (κ3) is 4.82. The van der Waals surface area contributed by atoms with Crippen molar-refractivity contribution in [1.82, 2.24) is 5.32 Å². The van der Waals surface area contributed by atoms with E-state index in [9.17, 15) is 9.59 Å². The second-order valence-corrected chi connectivity index (χ2v) is 6.22. The first-order chi connectivity index (χ1) is 8.81. The van der Waals surface area contributed by atoms with E-state index < -0.39 is 11.9 Å². The van der Waals surface area contributed by atoms with Crippen LogP contribution in [0, 0.1) is 17.8 Å². The van der Waals surface area contributed by atoms with Crippen molar-refractivity contribution in [2.45, 2.75) is 58.5 Å². The van der Waals surface area contributed by atoms with E-state index in [0.29, 0.717) is 17.8 Å². The molecule has 1 fully saturated rings. The smallest absolute Gasteiger partial charge is 0.237 e. The molecule has 0 heterocycles. The summed E-state index contributed by atoms with van der Waals surface area (Å²) in [4.78, 5) is 22.8. The molecule has 0 saturated heterocycles. The van der Waals surface area contributed by atoms with Gasteiger partial charge in [0.1, 0.15) is 0 Å². The number of rotatable bonds is 5. The molecule has 1 saturated carbocycles. The minimum absolute atomic E-state index is 0.0968. The standard InChI is InChI=1S/C14H27N3O2/c1-8(2)10-5-4-9(3)6-12(10)17-14(19)11(15)7-13(16)18/h8-12H,4-7,15H2,1-3H3,(H2,16,18)(H,17,19). The fraction of sp³-hybridized carbons (Fsp3) is 0.857. The lowest BCUT2D eigenvalue weighted by molar-refractivity contribution is -0.127. The molecule has 0 aromatic carbocycles. The van der Waals surface area contributed by atoms with E-state index in [1.807, 2.05) is 0 Å². The minimum atomic E-state index is -0.831. The maximum atomic E-state index is 12.0. The van der Waals surface area contributed by atoms with Gasteiger partial charge in [-0.25, -0.2) is 0 Å². The van der Waals surface area contributed by atoms with Crippen LogP contribution < -0.4 is 16.8 Å². The molecule has 1 aliphatic carbocycles. The lowest BCUT2D eigenvalue weighted by Gasteiger charge is -2.38. The number of hydrogen-bond acceptors (Lipinski definition) is 3. The van der Waals surface area contributed by atoms with Crippen LogP contribution in [0.3, 0.4) is 0 Å². The second kappa shape index (κ2) is 6.89. The van der Waals surface area contributed by atoms with Crippen molar-refractivity contribution in [2.75, 3.05) is 0 Å². The van der Waals surface area contributed by atoms with Crippen molar-refractivity contribution >= 4 is 11.8 Å². The molecule has 2 amide bonds. The van der Waals surface area contributed by atoms with Gasteiger partial charge in [-0.05, 0) is 30.6 Å². The van der Waals surface area contributed by atoms with Crippen LogP contribution in [0.25, 0.3) is 0 Å². The number of nitrogens with one attached hydrogen (secondary N) is 1.